The molecule has 0 N–H and O–H groups in total. The fourth-order valence-corrected chi connectivity index (χ4v) is 8.56. The molecule has 260 valence electrons. The quantitative estimate of drug-likeness (QED) is 0.162. The van der Waals surface area contributed by atoms with Crippen molar-refractivity contribution in [3.05, 3.63) is 216 Å². The minimum Gasteiger partial charge on any atom is -0.311 e. The molecule has 1 aromatic heterocycles. The Morgan fingerprint density at radius 3 is 1.65 bits per heavy atom. The molecule has 8 aromatic carbocycles. The van der Waals surface area contributed by atoms with Crippen molar-refractivity contribution in [3.63, 3.8) is 0 Å². The van der Waals surface area contributed by atoms with E-state index in [2.05, 4.69) is 229 Å². The van der Waals surface area contributed by atoms with Gasteiger partial charge in [-0.15, -0.1) is 0 Å². The van der Waals surface area contributed by atoms with E-state index < -0.39 is 0 Å². The highest BCUT2D eigenvalue weighted by molar-refractivity contribution is 6.13. The molecule has 1 heterocycles. The molecule has 0 aliphatic heterocycles. The van der Waals surface area contributed by atoms with Crippen molar-refractivity contribution in [2.24, 2.45) is 0 Å². The Morgan fingerprint density at radius 1 is 0.455 bits per heavy atom. The van der Waals surface area contributed by atoms with Crippen LogP contribution in [0.25, 0.3) is 49.7 Å². The number of para-hydroxylation sites is 4. The summed E-state index contributed by atoms with van der Waals surface area (Å²) in [4.78, 5) is 2.28. The summed E-state index contributed by atoms with van der Waals surface area (Å²) in [6.45, 7) is 4.74. The molecule has 0 saturated carbocycles. The van der Waals surface area contributed by atoms with E-state index in [1.807, 2.05) is 0 Å². The second kappa shape index (κ2) is 13.1. The van der Waals surface area contributed by atoms with Gasteiger partial charge in [0.25, 0.3) is 0 Å². The van der Waals surface area contributed by atoms with Crippen LogP contribution in [0.3, 0.4) is 0 Å². The van der Waals surface area contributed by atoms with Gasteiger partial charge in [0.2, 0.25) is 0 Å². The molecule has 10 rings (SSSR count). The van der Waals surface area contributed by atoms with Gasteiger partial charge in [0.15, 0.2) is 0 Å². The lowest BCUT2D eigenvalue weighted by molar-refractivity contribution is 0.663. The van der Waals surface area contributed by atoms with Gasteiger partial charge in [-0.2, -0.15) is 0 Å². The summed E-state index contributed by atoms with van der Waals surface area (Å²) in [5.41, 5.74) is 16.5. The third-order valence-corrected chi connectivity index (χ3v) is 11.2. The first-order valence-electron chi connectivity index (χ1n) is 18.9. The lowest BCUT2D eigenvalue weighted by Gasteiger charge is -2.25. The number of hydrogen-bond donors (Lipinski definition) is 0. The normalized spacial score (nSPS) is 12.5. The van der Waals surface area contributed by atoms with Gasteiger partial charge >= 0.3 is 0 Å². The first-order chi connectivity index (χ1) is 27.0. The fourth-order valence-electron chi connectivity index (χ4n) is 8.56. The topological polar surface area (TPSA) is 8.17 Å². The molecule has 0 radical (unpaired) electrons. The number of hydrogen-bond acceptors (Lipinski definition) is 1. The number of aromatic nitrogens is 1. The smallest absolute Gasteiger partial charge is 0.0588 e. The standard InChI is InChI=1S/C53H38N2/c1-53(2)49-36-38(26-33-45(49)47-34-35-48-46-20-12-13-21-50(46)55(52(48)51(47)53)43-18-10-5-11-19-43)23-22-37-24-27-39(28-25-37)40-29-31-44(32-30-40)54(41-14-6-3-7-15-41)42-16-8-4-9-17-42/h3-21,24-36H,1-2H3. The number of nitrogens with zero attached hydrogens (tertiary/aromatic N) is 2. The number of benzene rings is 8. The van der Waals surface area contributed by atoms with Crippen LogP contribution >= 0.6 is 0 Å². The van der Waals surface area contributed by atoms with Crippen molar-refractivity contribution >= 4 is 38.9 Å². The summed E-state index contributed by atoms with van der Waals surface area (Å²) in [6, 6.07) is 69.4. The van der Waals surface area contributed by atoms with Gasteiger partial charge in [-0.05, 0) is 112 Å². The Bertz CT molecular complexity index is 2870. The average molecular weight is 703 g/mol. The fraction of sp³-hybridized carbons (Fsp3) is 0.0566. The molecule has 0 bridgehead atoms. The summed E-state index contributed by atoms with van der Waals surface area (Å²) in [7, 11) is 0. The monoisotopic (exact) mass is 702 g/mol. The van der Waals surface area contributed by atoms with E-state index in [4.69, 9.17) is 0 Å². The minimum atomic E-state index is -0.209. The SMILES string of the molecule is CC1(C)c2cc(C#Cc3ccc(-c4ccc(N(c5ccccc5)c5ccccc5)cc4)cc3)ccc2-c2ccc3c4ccccc4n(-c4ccccc4)c3c21. The van der Waals surface area contributed by atoms with Gasteiger partial charge in [0.05, 0.1) is 11.0 Å². The van der Waals surface area contributed by atoms with E-state index in [0.29, 0.717) is 0 Å². The molecule has 1 aliphatic rings. The molecule has 0 saturated heterocycles. The number of anilines is 3. The average Bonchev–Trinajstić information content (AvgIpc) is 3.70. The van der Waals surface area contributed by atoms with Crippen LogP contribution in [-0.2, 0) is 5.41 Å². The van der Waals surface area contributed by atoms with E-state index >= 15 is 0 Å². The zero-order chi connectivity index (χ0) is 36.9. The molecule has 2 nitrogen and oxygen atoms in total. The second-order valence-electron chi connectivity index (χ2n) is 14.8. The lowest BCUT2D eigenvalue weighted by Crippen LogP contribution is -2.16. The molecular weight excluding hydrogens is 665 g/mol. The minimum absolute atomic E-state index is 0.209. The first kappa shape index (κ1) is 32.6. The molecule has 0 unspecified atom stereocenters. The zero-order valence-electron chi connectivity index (χ0n) is 30.9. The Balaban J connectivity index is 0.945. The zero-order valence-corrected chi connectivity index (χ0v) is 30.9. The predicted octanol–water partition coefficient (Wildman–Crippen LogP) is 13.6. The van der Waals surface area contributed by atoms with E-state index in [0.717, 1.165) is 28.2 Å². The second-order valence-corrected chi connectivity index (χ2v) is 14.8. The van der Waals surface area contributed by atoms with Crippen LogP contribution in [0.4, 0.5) is 17.1 Å². The summed E-state index contributed by atoms with van der Waals surface area (Å²) in [5, 5.41) is 2.57. The van der Waals surface area contributed by atoms with Gasteiger partial charge in [-0.1, -0.05) is 141 Å². The summed E-state index contributed by atoms with van der Waals surface area (Å²) >= 11 is 0. The van der Waals surface area contributed by atoms with Crippen LogP contribution in [0.15, 0.2) is 194 Å². The van der Waals surface area contributed by atoms with Gasteiger partial charge < -0.3 is 9.47 Å². The molecule has 1 aliphatic carbocycles. The van der Waals surface area contributed by atoms with Crippen molar-refractivity contribution in [1.82, 2.24) is 4.57 Å². The van der Waals surface area contributed by atoms with Crippen LogP contribution in [0.5, 0.6) is 0 Å². The molecule has 2 heteroatoms. The summed E-state index contributed by atoms with van der Waals surface area (Å²) < 4.78 is 2.46. The Kier molecular flexibility index (Phi) is 7.75. The van der Waals surface area contributed by atoms with E-state index in [-0.39, 0.29) is 5.41 Å². The molecule has 9 aromatic rings. The summed E-state index contributed by atoms with van der Waals surface area (Å²) in [5.74, 6) is 6.96. The van der Waals surface area contributed by atoms with Crippen LogP contribution in [0.1, 0.15) is 36.1 Å². The lowest BCUT2D eigenvalue weighted by atomic mass is 9.81. The molecular formula is C53H38N2. The Labute approximate surface area is 322 Å². The van der Waals surface area contributed by atoms with Crippen LogP contribution in [0.2, 0.25) is 0 Å². The molecule has 0 atom stereocenters. The maximum absolute atomic E-state index is 3.50. The van der Waals surface area contributed by atoms with Crippen molar-refractivity contribution in [2.75, 3.05) is 4.90 Å². The van der Waals surface area contributed by atoms with Gasteiger partial charge in [0.1, 0.15) is 0 Å². The van der Waals surface area contributed by atoms with Gasteiger partial charge in [-0.3, -0.25) is 0 Å². The summed E-state index contributed by atoms with van der Waals surface area (Å²) in [6.07, 6.45) is 0. The highest BCUT2D eigenvalue weighted by atomic mass is 15.1. The highest BCUT2D eigenvalue weighted by Crippen LogP contribution is 2.53. The number of fused-ring (bicyclic) bond motifs is 7. The third-order valence-electron chi connectivity index (χ3n) is 11.2. The Morgan fingerprint density at radius 2 is 0.982 bits per heavy atom. The van der Waals surface area contributed by atoms with Crippen molar-refractivity contribution in [3.8, 4) is 39.8 Å². The maximum Gasteiger partial charge on any atom is 0.0588 e. The molecule has 0 amide bonds. The van der Waals surface area contributed by atoms with Crippen LogP contribution < -0.4 is 4.90 Å². The molecule has 0 spiro atoms. The first-order valence-corrected chi connectivity index (χ1v) is 18.9. The predicted molar refractivity (Wildman–Crippen MR) is 231 cm³/mol. The van der Waals surface area contributed by atoms with Crippen LogP contribution in [0, 0.1) is 11.8 Å². The van der Waals surface area contributed by atoms with Crippen molar-refractivity contribution in [2.45, 2.75) is 19.3 Å². The van der Waals surface area contributed by atoms with E-state index in [9.17, 15) is 0 Å². The molecule has 55 heavy (non-hydrogen) atoms. The Hall–Kier alpha value is -7.08. The third kappa shape index (κ3) is 5.52. The van der Waals surface area contributed by atoms with Gasteiger partial charge in [-0.25, -0.2) is 0 Å². The van der Waals surface area contributed by atoms with E-state index in [1.165, 1.54) is 60.9 Å². The largest absolute Gasteiger partial charge is 0.311 e. The van der Waals surface area contributed by atoms with Gasteiger partial charge in [0, 0.05) is 50.1 Å². The van der Waals surface area contributed by atoms with Crippen LogP contribution in [-0.4, -0.2) is 4.57 Å². The van der Waals surface area contributed by atoms with Crippen molar-refractivity contribution < 1.29 is 0 Å². The highest BCUT2D eigenvalue weighted by Gasteiger charge is 2.38. The maximum atomic E-state index is 3.50. The van der Waals surface area contributed by atoms with Crippen molar-refractivity contribution in [1.29, 1.82) is 0 Å². The molecule has 0 fully saturated rings. The van der Waals surface area contributed by atoms with E-state index in [1.54, 1.807) is 0 Å². The number of rotatable bonds is 5.